The third kappa shape index (κ3) is 5.77. The highest BCUT2D eigenvalue weighted by Crippen LogP contribution is 2.22. The predicted molar refractivity (Wildman–Crippen MR) is 136 cm³/mol. The molecule has 0 aliphatic carbocycles. The summed E-state index contributed by atoms with van der Waals surface area (Å²) in [4.78, 5) is 44.4. The van der Waals surface area contributed by atoms with Crippen molar-refractivity contribution in [2.45, 2.75) is 70.9 Å². The molecule has 0 radical (unpaired) electrons. The number of hydrogen-bond acceptors (Lipinski definition) is 4. The predicted octanol–water partition coefficient (Wildman–Crippen LogP) is 4.33. The Morgan fingerprint density at radius 1 is 0.943 bits per heavy atom. The number of methoxy groups -OCH3 is 1. The van der Waals surface area contributed by atoms with Crippen LogP contribution in [0.2, 0.25) is 0 Å². The topological polar surface area (TPSA) is 71.8 Å². The third-order valence-electron chi connectivity index (χ3n) is 7.29. The monoisotopic (exact) mass is 479 g/mol. The van der Waals surface area contributed by atoms with Crippen LogP contribution >= 0.6 is 0 Å². The number of ether oxygens (including phenoxy) is 1. The van der Waals surface area contributed by atoms with Crippen LogP contribution in [0, 0.1) is 0 Å². The molecule has 7 nitrogen and oxygen atoms in total. The Morgan fingerprint density at radius 3 is 2.31 bits per heavy atom. The van der Waals surface area contributed by atoms with Gasteiger partial charge in [-0.05, 0) is 56.2 Å². The summed E-state index contributed by atoms with van der Waals surface area (Å²) < 4.78 is 7.15. The van der Waals surface area contributed by atoms with Gasteiger partial charge in [-0.3, -0.25) is 14.4 Å². The molecular formula is C28H37N3O4. The number of hydrogen-bond donors (Lipinski definition) is 0. The second kappa shape index (κ2) is 11.6. The molecule has 0 unspecified atom stereocenters. The molecule has 2 aliphatic rings. The van der Waals surface area contributed by atoms with Crippen LogP contribution in [0.4, 0.5) is 0 Å². The van der Waals surface area contributed by atoms with Crippen molar-refractivity contribution in [1.29, 1.82) is 0 Å². The van der Waals surface area contributed by atoms with E-state index in [2.05, 4.69) is 6.92 Å². The summed E-state index contributed by atoms with van der Waals surface area (Å²) in [5.41, 5.74) is 0.690. The fourth-order valence-electron chi connectivity index (χ4n) is 5.30. The number of nitrogens with zero attached hydrogens (tertiary/aromatic N) is 3. The van der Waals surface area contributed by atoms with Gasteiger partial charge in [0.1, 0.15) is 16.9 Å². The van der Waals surface area contributed by atoms with E-state index in [-0.39, 0.29) is 29.0 Å². The van der Waals surface area contributed by atoms with E-state index in [1.165, 1.54) is 0 Å². The smallest absolute Gasteiger partial charge is 0.259 e. The van der Waals surface area contributed by atoms with Gasteiger partial charge in [0.05, 0.1) is 7.11 Å². The maximum absolute atomic E-state index is 13.7. The van der Waals surface area contributed by atoms with Gasteiger partial charge in [0.25, 0.3) is 11.8 Å². The minimum absolute atomic E-state index is 0.0886. The van der Waals surface area contributed by atoms with Crippen LogP contribution in [-0.4, -0.2) is 59.0 Å². The summed E-state index contributed by atoms with van der Waals surface area (Å²) in [6.45, 7) is 4.45. The Balaban J connectivity index is 1.74. The van der Waals surface area contributed by atoms with E-state index in [9.17, 15) is 14.4 Å². The Bertz CT molecular complexity index is 1100. The Morgan fingerprint density at radius 2 is 1.63 bits per heavy atom. The number of rotatable bonds is 6. The van der Waals surface area contributed by atoms with E-state index in [0.717, 1.165) is 62.7 Å². The van der Waals surface area contributed by atoms with Gasteiger partial charge in [-0.2, -0.15) is 0 Å². The molecule has 35 heavy (non-hydrogen) atoms. The molecule has 2 aliphatic heterocycles. The first-order valence-corrected chi connectivity index (χ1v) is 13.0. The molecule has 1 aromatic heterocycles. The molecule has 0 N–H and O–H groups in total. The van der Waals surface area contributed by atoms with Crippen molar-refractivity contribution in [3.8, 4) is 5.75 Å². The van der Waals surface area contributed by atoms with Crippen LogP contribution < -0.4 is 10.2 Å². The first-order chi connectivity index (χ1) is 17.0. The quantitative estimate of drug-likeness (QED) is 0.618. The van der Waals surface area contributed by atoms with Gasteiger partial charge in [0.2, 0.25) is 5.43 Å². The van der Waals surface area contributed by atoms with Crippen LogP contribution in [0.15, 0.2) is 41.5 Å². The molecule has 2 fully saturated rings. The lowest BCUT2D eigenvalue weighted by molar-refractivity contribution is 0.0605. The largest absolute Gasteiger partial charge is 0.497 e. The zero-order valence-corrected chi connectivity index (χ0v) is 21.0. The third-order valence-corrected chi connectivity index (χ3v) is 7.29. The summed E-state index contributed by atoms with van der Waals surface area (Å²) >= 11 is 0. The van der Waals surface area contributed by atoms with Crippen LogP contribution in [0.3, 0.4) is 0 Å². The molecule has 4 rings (SSSR count). The number of carbonyl (C=O) groups excluding carboxylic acids is 2. The number of likely N-dealkylation sites (tertiary alicyclic amines) is 2. The molecule has 2 aromatic rings. The minimum atomic E-state index is -0.452. The molecule has 188 valence electrons. The summed E-state index contributed by atoms with van der Waals surface area (Å²) in [6.07, 6.45) is 11.2. The first-order valence-electron chi connectivity index (χ1n) is 13.0. The van der Waals surface area contributed by atoms with Crippen molar-refractivity contribution in [3.05, 3.63) is 63.6 Å². The molecule has 2 amide bonds. The highest BCUT2D eigenvalue weighted by atomic mass is 16.5. The molecule has 7 heteroatoms. The lowest BCUT2D eigenvalue weighted by Gasteiger charge is -2.35. The lowest BCUT2D eigenvalue weighted by atomic mass is 9.98. The van der Waals surface area contributed by atoms with Gasteiger partial charge in [0.15, 0.2) is 0 Å². The van der Waals surface area contributed by atoms with Gasteiger partial charge in [0, 0.05) is 44.6 Å². The number of carbonyl (C=O) groups is 2. The summed E-state index contributed by atoms with van der Waals surface area (Å²) in [6, 6.07) is 7.81. The fourth-order valence-corrected chi connectivity index (χ4v) is 5.30. The van der Waals surface area contributed by atoms with Gasteiger partial charge >= 0.3 is 0 Å². The van der Waals surface area contributed by atoms with E-state index >= 15 is 0 Å². The van der Waals surface area contributed by atoms with Crippen molar-refractivity contribution in [2.24, 2.45) is 0 Å². The summed E-state index contributed by atoms with van der Waals surface area (Å²) in [5.74, 6) is 0.211. The van der Waals surface area contributed by atoms with Crippen molar-refractivity contribution < 1.29 is 14.3 Å². The Labute approximate surface area is 207 Å². The number of benzene rings is 1. The van der Waals surface area contributed by atoms with Crippen molar-refractivity contribution in [2.75, 3.05) is 26.7 Å². The zero-order valence-electron chi connectivity index (χ0n) is 21.0. The Hall–Kier alpha value is -3.09. The number of amides is 2. The van der Waals surface area contributed by atoms with Crippen LogP contribution in [-0.2, 0) is 6.54 Å². The second-order valence-electron chi connectivity index (χ2n) is 9.70. The van der Waals surface area contributed by atoms with Crippen LogP contribution in [0.5, 0.6) is 5.75 Å². The highest BCUT2D eigenvalue weighted by Gasteiger charge is 2.30. The van der Waals surface area contributed by atoms with Crippen LogP contribution in [0.1, 0.15) is 84.6 Å². The van der Waals surface area contributed by atoms with Crippen molar-refractivity contribution in [1.82, 2.24) is 14.4 Å². The van der Waals surface area contributed by atoms with E-state index in [0.29, 0.717) is 26.2 Å². The highest BCUT2D eigenvalue weighted by molar-refractivity contribution is 5.99. The molecule has 0 spiro atoms. The Kier molecular flexibility index (Phi) is 8.26. The summed E-state index contributed by atoms with van der Waals surface area (Å²) in [7, 11) is 1.62. The van der Waals surface area contributed by atoms with Crippen molar-refractivity contribution >= 4 is 11.8 Å². The molecular weight excluding hydrogens is 442 g/mol. The average Bonchev–Trinajstić information content (AvgIpc) is 3.18. The molecule has 0 bridgehead atoms. The fraction of sp³-hybridized carbons (Fsp3) is 0.536. The number of aromatic nitrogens is 1. The van der Waals surface area contributed by atoms with E-state index < -0.39 is 5.43 Å². The molecule has 3 heterocycles. The van der Waals surface area contributed by atoms with Gasteiger partial charge in [-0.15, -0.1) is 0 Å². The van der Waals surface area contributed by atoms with E-state index in [1.807, 2.05) is 29.2 Å². The van der Waals surface area contributed by atoms with Crippen molar-refractivity contribution in [3.63, 3.8) is 0 Å². The second-order valence-corrected chi connectivity index (χ2v) is 9.70. The molecule has 0 saturated carbocycles. The standard InChI is InChI=1S/C28H37N3O4/c1-3-22-12-6-9-16-31(22)28(34)25-20-29(18-21-11-10-13-23(17-21)35-2)19-24(26(25)32)27(33)30-14-7-4-5-8-15-30/h10-11,13,17,19-20,22H,3-9,12,14-16,18H2,1-2H3/t22-/m0/s1. The van der Waals surface area contributed by atoms with Crippen LogP contribution in [0.25, 0.3) is 0 Å². The molecule has 2 saturated heterocycles. The van der Waals surface area contributed by atoms with Gasteiger partial charge in [-0.25, -0.2) is 0 Å². The molecule has 1 aromatic carbocycles. The number of pyridine rings is 1. The maximum Gasteiger partial charge on any atom is 0.259 e. The average molecular weight is 480 g/mol. The zero-order chi connectivity index (χ0) is 24.8. The van der Waals surface area contributed by atoms with E-state index in [4.69, 9.17) is 4.74 Å². The van der Waals surface area contributed by atoms with E-state index in [1.54, 1.807) is 29.0 Å². The normalized spacial score (nSPS) is 18.7. The SMILES string of the molecule is CC[C@H]1CCCCN1C(=O)c1cn(Cc2cccc(OC)c2)cc(C(=O)N2CCCCCC2)c1=O. The minimum Gasteiger partial charge on any atom is -0.497 e. The molecule has 1 atom stereocenters. The first kappa shape index (κ1) is 25.0. The van der Waals surface area contributed by atoms with Gasteiger partial charge < -0.3 is 19.1 Å². The summed E-state index contributed by atoms with van der Waals surface area (Å²) in [5, 5.41) is 0. The lowest BCUT2D eigenvalue weighted by Crippen LogP contribution is -2.46. The van der Waals surface area contributed by atoms with Gasteiger partial charge in [-0.1, -0.05) is 31.9 Å². The maximum atomic E-state index is 13.7. The number of piperidine rings is 1.